The summed E-state index contributed by atoms with van der Waals surface area (Å²) >= 11 is 9.41. The highest BCUT2D eigenvalue weighted by Gasteiger charge is 2.36. The van der Waals surface area contributed by atoms with Crippen molar-refractivity contribution < 1.29 is 14.3 Å². The molecule has 120 valence electrons. The number of carbonyl (C=O) groups excluding carboxylic acids is 2. The van der Waals surface area contributed by atoms with Gasteiger partial charge in [-0.25, -0.2) is 0 Å². The van der Waals surface area contributed by atoms with E-state index < -0.39 is 0 Å². The first-order valence-corrected chi connectivity index (χ1v) is 8.13. The lowest BCUT2D eigenvalue weighted by Crippen LogP contribution is -2.38. The van der Waals surface area contributed by atoms with Gasteiger partial charge >= 0.3 is 0 Å². The van der Waals surface area contributed by atoms with Gasteiger partial charge < -0.3 is 15.0 Å². The summed E-state index contributed by atoms with van der Waals surface area (Å²) in [5.74, 6) is -0.581. The molecule has 5 nitrogen and oxygen atoms in total. The zero-order valence-electron chi connectivity index (χ0n) is 12.4. The van der Waals surface area contributed by atoms with E-state index in [9.17, 15) is 9.59 Å². The van der Waals surface area contributed by atoms with Gasteiger partial charge in [0, 0.05) is 24.5 Å². The minimum atomic E-state index is -0.369. The Morgan fingerprint density at radius 3 is 2.95 bits per heavy atom. The Bertz CT molecular complexity index is 582. The molecular formula is C15H18BrClN2O3. The van der Waals surface area contributed by atoms with Gasteiger partial charge in [-0.05, 0) is 25.1 Å². The Morgan fingerprint density at radius 2 is 2.32 bits per heavy atom. The summed E-state index contributed by atoms with van der Waals surface area (Å²) in [6.45, 7) is 2.77. The van der Waals surface area contributed by atoms with Crippen molar-refractivity contribution in [2.45, 2.75) is 19.4 Å². The Labute approximate surface area is 143 Å². The fourth-order valence-electron chi connectivity index (χ4n) is 2.49. The maximum atomic E-state index is 12.3. The number of anilines is 1. The molecule has 2 rings (SSSR count). The number of carbonyl (C=O) groups is 2. The minimum Gasteiger partial charge on any atom is -0.383 e. The highest BCUT2D eigenvalue weighted by Crippen LogP contribution is 2.27. The second kappa shape index (κ2) is 7.44. The van der Waals surface area contributed by atoms with Crippen LogP contribution in [0.3, 0.4) is 0 Å². The number of nitrogens with zero attached hydrogens (tertiary/aromatic N) is 1. The van der Waals surface area contributed by atoms with Crippen molar-refractivity contribution in [3.8, 4) is 0 Å². The molecule has 0 spiro atoms. The lowest BCUT2D eigenvalue weighted by atomic mass is 10.1. The monoisotopic (exact) mass is 388 g/mol. The predicted molar refractivity (Wildman–Crippen MR) is 88.9 cm³/mol. The molecule has 1 saturated heterocycles. The first-order valence-electron chi connectivity index (χ1n) is 6.96. The van der Waals surface area contributed by atoms with Crippen molar-refractivity contribution in [2.24, 2.45) is 5.92 Å². The van der Waals surface area contributed by atoms with Crippen LogP contribution >= 0.6 is 27.5 Å². The van der Waals surface area contributed by atoms with Crippen LogP contribution in [0.15, 0.2) is 22.7 Å². The number of halogens is 2. The molecule has 0 aromatic heterocycles. The summed E-state index contributed by atoms with van der Waals surface area (Å²) in [6.07, 6.45) is 0.216. The normalized spacial score (nSPS) is 19.4. The van der Waals surface area contributed by atoms with Crippen LogP contribution in [0, 0.1) is 5.92 Å². The summed E-state index contributed by atoms with van der Waals surface area (Å²) in [5, 5.41) is 3.24. The summed E-state index contributed by atoms with van der Waals surface area (Å²) < 4.78 is 5.91. The van der Waals surface area contributed by atoms with E-state index in [1.807, 2.05) is 6.92 Å². The van der Waals surface area contributed by atoms with Gasteiger partial charge in [0.15, 0.2) is 0 Å². The Kier molecular flexibility index (Phi) is 5.83. The second-order valence-electron chi connectivity index (χ2n) is 5.36. The lowest BCUT2D eigenvalue weighted by molar-refractivity contribution is -0.130. The molecule has 1 fully saturated rings. The van der Waals surface area contributed by atoms with Gasteiger partial charge in [0.05, 0.1) is 29.3 Å². The van der Waals surface area contributed by atoms with E-state index in [1.54, 1.807) is 30.2 Å². The number of amides is 2. The number of likely N-dealkylation sites (tertiary alicyclic amines) is 1. The van der Waals surface area contributed by atoms with Gasteiger partial charge in [-0.15, -0.1) is 0 Å². The quantitative estimate of drug-likeness (QED) is 0.842. The third kappa shape index (κ3) is 4.00. The smallest absolute Gasteiger partial charge is 0.229 e. The van der Waals surface area contributed by atoms with E-state index in [2.05, 4.69) is 21.2 Å². The molecule has 1 aliphatic rings. The molecule has 0 aliphatic carbocycles. The van der Waals surface area contributed by atoms with Crippen LogP contribution in [0.1, 0.15) is 13.3 Å². The molecule has 2 amide bonds. The summed E-state index contributed by atoms with van der Waals surface area (Å²) in [6, 6.07) is 5.21. The fourth-order valence-corrected chi connectivity index (χ4v) is 3.21. The van der Waals surface area contributed by atoms with E-state index in [4.69, 9.17) is 16.3 Å². The minimum absolute atomic E-state index is 0.0217. The number of nitrogens with one attached hydrogen (secondary N) is 1. The van der Waals surface area contributed by atoms with E-state index in [0.717, 1.165) is 4.47 Å². The van der Waals surface area contributed by atoms with Crippen molar-refractivity contribution >= 4 is 45.0 Å². The van der Waals surface area contributed by atoms with Crippen molar-refractivity contribution in [1.82, 2.24) is 4.90 Å². The number of benzene rings is 1. The number of hydrogen-bond acceptors (Lipinski definition) is 3. The summed E-state index contributed by atoms with van der Waals surface area (Å²) in [5.41, 5.74) is 0.547. The van der Waals surface area contributed by atoms with E-state index >= 15 is 0 Å². The van der Waals surface area contributed by atoms with Crippen LogP contribution in [0.25, 0.3) is 0 Å². The van der Waals surface area contributed by atoms with Crippen LogP contribution in [-0.4, -0.2) is 43.0 Å². The Balaban J connectivity index is 2.00. The molecule has 1 aromatic carbocycles. The van der Waals surface area contributed by atoms with Gasteiger partial charge in [-0.2, -0.15) is 0 Å². The molecule has 1 aromatic rings. The SMILES string of the molecule is COC[C@@H](C)N1C[C@H](C(=O)Nc2ccc(Br)cc2Cl)CC1=O. The molecule has 0 saturated carbocycles. The third-order valence-electron chi connectivity index (χ3n) is 3.66. The largest absolute Gasteiger partial charge is 0.383 e. The van der Waals surface area contributed by atoms with Crippen molar-refractivity contribution in [1.29, 1.82) is 0 Å². The zero-order valence-corrected chi connectivity index (χ0v) is 14.8. The summed E-state index contributed by atoms with van der Waals surface area (Å²) in [4.78, 5) is 26.1. The fraction of sp³-hybridized carbons (Fsp3) is 0.467. The number of rotatable bonds is 5. The van der Waals surface area contributed by atoms with Crippen LogP contribution in [0.4, 0.5) is 5.69 Å². The molecule has 1 N–H and O–H groups in total. The first-order chi connectivity index (χ1) is 10.4. The standard InChI is InChI=1S/C15H18BrClN2O3/c1-9(8-22-2)19-7-10(5-14(19)20)15(21)18-13-4-3-11(16)6-12(13)17/h3-4,6,9-10H,5,7-8H2,1-2H3,(H,18,21)/t9-,10-/m1/s1. The van der Waals surface area contributed by atoms with E-state index in [1.165, 1.54) is 0 Å². The highest BCUT2D eigenvalue weighted by molar-refractivity contribution is 9.10. The van der Waals surface area contributed by atoms with Gasteiger partial charge in [0.1, 0.15) is 0 Å². The van der Waals surface area contributed by atoms with Crippen LogP contribution < -0.4 is 5.32 Å². The Hall–Kier alpha value is -1.11. The average molecular weight is 390 g/mol. The lowest BCUT2D eigenvalue weighted by Gasteiger charge is -2.23. The maximum absolute atomic E-state index is 12.3. The predicted octanol–water partition coefficient (Wildman–Crippen LogP) is 2.92. The van der Waals surface area contributed by atoms with Gasteiger partial charge in [0.25, 0.3) is 0 Å². The molecule has 1 aliphatic heterocycles. The van der Waals surface area contributed by atoms with Gasteiger partial charge in [0.2, 0.25) is 11.8 Å². The van der Waals surface area contributed by atoms with Crippen molar-refractivity contribution in [3.05, 3.63) is 27.7 Å². The van der Waals surface area contributed by atoms with Crippen molar-refractivity contribution in [2.75, 3.05) is 25.6 Å². The molecule has 0 bridgehead atoms. The molecule has 7 heteroatoms. The molecule has 2 atom stereocenters. The van der Waals surface area contributed by atoms with Gasteiger partial charge in [-0.3, -0.25) is 9.59 Å². The maximum Gasteiger partial charge on any atom is 0.229 e. The highest BCUT2D eigenvalue weighted by atomic mass is 79.9. The van der Waals surface area contributed by atoms with Crippen LogP contribution in [-0.2, 0) is 14.3 Å². The number of methoxy groups -OCH3 is 1. The van der Waals surface area contributed by atoms with E-state index in [0.29, 0.717) is 23.9 Å². The van der Waals surface area contributed by atoms with Crippen LogP contribution in [0.2, 0.25) is 5.02 Å². The van der Waals surface area contributed by atoms with Gasteiger partial charge in [-0.1, -0.05) is 27.5 Å². The topological polar surface area (TPSA) is 58.6 Å². The molecule has 22 heavy (non-hydrogen) atoms. The second-order valence-corrected chi connectivity index (χ2v) is 6.69. The van der Waals surface area contributed by atoms with Crippen molar-refractivity contribution in [3.63, 3.8) is 0 Å². The molecule has 0 radical (unpaired) electrons. The number of hydrogen-bond donors (Lipinski definition) is 1. The summed E-state index contributed by atoms with van der Waals surface area (Å²) in [7, 11) is 1.59. The third-order valence-corrected chi connectivity index (χ3v) is 4.46. The van der Waals surface area contributed by atoms with E-state index in [-0.39, 0.29) is 30.2 Å². The zero-order chi connectivity index (χ0) is 16.3. The first kappa shape index (κ1) is 17.2. The molecule has 1 heterocycles. The number of ether oxygens (including phenoxy) is 1. The average Bonchev–Trinajstić information content (AvgIpc) is 2.84. The Morgan fingerprint density at radius 1 is 1.59 bits per heavy atom. The molecular weight excluding hydrogens is 372 g/mol. The molecule has 0 unspecified atom stereocenters. The van der Waals surface area contributed by atoms with Crippen LogP contribution in [0.5, 0.6) is 0 Å².